The summed E-state index contributed by atoms with van der Waals surface area (Å²) >= 11 is 0. The van der Waals surface area contributed by atoms with Gasteiger partial charge >= 0.3 is 0 Å². The fourth-order valence-corrected chi connectivity index (χ4v) is 1.44. The Morgan fingerprint density at radius 3 is 2.40 bits per heavy atom. The molecule has 1 N–H and O–H groups in total. The van der Waals surface area contributed by atoms with E-state index in [0.717, 1.165) is 19.3 Å². The van der Waals surface area contributed by atoms with Crippen molar-refractivity contribution in [1.82, 2.24) is 5.32 Å². The van der Waals surface area contributed by atoms with Crippen LogP contribution in [-0.2, 0) is 4.79 Å². The van der Waals surface area contributed by atoms with Crippen molar-refractivity contribution in [2.75, 3.05) is 0 Å². The fraction of sp³-hybridized carbons (Fsp3) is 0.846. The summed E-state index contributed by atoms with van der Waals surface area (Å²) in [4.78, 5) is 11.4. The standard InChI is InChI=1S/C13H26NO/c1-4-6-7-8-9-10-11-13(15)14-12(3)5-2/h12H,1,4-11H2,2-3H3,(H,14,15). The molecule has 0 aromatic carbocycles. The lowest BCUT2D eigenvalue weighted by atomic mass is 10.1. The van der Waals surface area contributed by atoms with Gasteiger partial charge in [0, 0.05) is 12.5 Å². The molecule has 1 unspecified atom stereocenters. The summed E-state index contributed by atoms with van der Waals surface area (Å²) in [5, 5.41) is 2.98. The number of nitrogens with one attached hydrogen (secondary N) is 1. The van der Waals surface area contributed by atoms with Crippen LogP contribution in [0.5, 0.6) is 0 Å². The van der Waals surface area contributed by atoms with E-state index in [1.807, 2.05) is 6.92 Å². The molecule has 0 aromatic rings. The zero-order valence-electron chi connectivity index (χ0n) is 10.3. The van der Waals surface area contributed by atoms with Crippen molar-refractivity contribution in [3.05, 3.63) is 6.92 Å². The van der Waals surface area contributed by atoms with E-state index >= 15 is 0 Å². The number of rotatable bonds is 9. The summed E-state index contributed by atoms with van der Waals surface area (Å²) in [5.74, 6) is 0.210. The Morgan fingerprint density at radius 2 is 1.80 bits per heavy atom. The van der Waals surface area contributed by atoms with E-state index in [0.29, 0.717) is 12.5 Å². The lowest BCUT2D eigenvalue weighted by Gasteiger charge is -2.10. The molecule has 0 aliphatic carbocycles. The molecule has 0 aromatic heterocycles. The third-order valence-corrected chi connectivity index (χ3v) is 2.67. The maximum atomic E-state index is 11.4. The van der Waals surface area contributed by atoms with Crippen LogP contribution in [-0.4, -0.2) is 11.9 Å². The summed E-state index contributed by atoms with van der Waals surface area (Å²) < 4.78 is 0. The van der Waals surface area contributed by atoms with Crippen molar-refractivity contribution >= 4 is 5.91 Å². The number of hydrogen-bond acceptors (Lipinski definition) is 1. The molecule has 0 heterocycles. The number of unbranched alkanes of at least 4 members (excludes halogenated alkanes) is 5. The molecule has 2 heteroatoms. The van der Waals surface area contributed by atoms with Crippen LogP contribution in [0.2, 0.25) is 0 Å². The maximum absolute atomic E-state index is 11.4. The highest BCUT2D eigenvalue weighted by Gasteiger charge is 2.04. The highest BCUT2D eigenvalue weighted by molar-refractivity contribution is 5.76. The Morgan fingerprint density at radius 1 is 1.20 bits per heavy atom. The van der Waals surface area contributed by atoms with Crippen LogP contribution in [0.25, 0.3) is 0 Å². The maximum Gasteiger partial charge on any atom is 0.220 e. The molecular weight excluding hydrogens is 186 g/mol. The van der Waals surface area contributed by atoms with Gasteiger partial charge < -0.3 is 5.32 Å². The summed E-state index contributed by atoms with van der Waals surface area (Å²) in [5.41, 5.74) is 0. The smallest absolute Gasteiger partial charge is 0.220 e. The van der Waals surface area contributed by atoms with Crippen LogP contribution in [0.3, 0.4) is 0 Å². The first kappa shape index (κ1) is 14.5. The van der Waals surface area contributed by atoms with Gasteiger partial charge in [-0.15, -0.1) is 0 Å². The molecule has 2 nitrogen and oxygen atoms in total. The second kappa shape index (κ2) is 10.0. The SMILES string of the molecule is [CH2]CCCCCCCC(=O)NC(C)CC. The lowest BCUT2D eigenvalue weighted by Crippen LogP contribution is -2.31. The number of amides is 1. The first-order valence-electron chi connectivity index (χ1n) is 6.29. The quantitative estimate of drug-likeness (QED) is 0.583. The molecule has 0 aliphatic heterocycles. The van der Waals surface area contributed by atoms with Crippen LogP contribution in [0, 0.1) is 6.92 Å². The molecule has 1 amide bonds. The van der Waals surface area contributed by atoms with Crippen molar-refractivity contribution in [3.8, 4) is 0 Å². The highest BCUT2D eigenvalue weighted by Crippen LogP contribution is 2.06. The summed E-state index contributed by atoms with van der Waals surface area (Å²) in [6.45, 7) is 7.94. The van der Waals surface area contributed by atoms with Gasteiger partial charge in [0.1, 0.15) is 0 Å². The Balaban J connectivity index is 3.24. The molecule has 1 radical (unpaired) electrons. The molecule has 1 atom stereocenters. The van der Waals surface area contributed by atoms with E-state index in [-0.39, 0.29) is 5.91 Å². The zero-order chi connectivity index (χ0) is 11.5. The first-order chi connectivity index (χ1) is 7.20. The number of hydrogen-bond donors (Lipinski definition) is 1. The van der Waals surface area contributed by atoms with E-state index in [2.05, 4.69) is 19.2 Å². The van der Waals surface area contributed by atoms with Gasteiger partial charge in [0.2, 0.25) is 5.91 Å². The van der Waals surface area contributed by atoms with Crippen LogP contribution in [0.4, 0.5) is 0 Å². The monoisotopic (exact) mass is 212 g/mol. The van der Waals surface area contributed by atoms with Gasteiger partial charge in [0.25, 0.3) is 0 Å². The Bertz CT molecular complexity index is 157. The first-order valence-corrected chi connectivity index (χ1v) is 6.29. The van der Waals surface area contributed by atoms with Crippen molar-refractivity contribution in [2.24, 2.45) is 0 Å². The molecule has 0 saturated carbocycles. The van der Waals surface area contributed by atoms with E-state index < -0.39 is 0 Å². The van der Waals surface area contributed by atoms with E-state index in [1.54, 1.807) is 0 Å². The summed E-state index contributed by atoms with van der Waals surface area (Å²) in [6.07, 6.45) is 8.66. The van der Waals surface area contributed by atoms with E-state index in [1.165, 1.54) is 25.7 Å². The summed E-state index contributed by atoms with van der Waals surface area (Å²) in [6, 6.07) is 0.323. The molecule has 0 spiro atoms. The van der Waals surface area contributed by atoms with Gasteiger partial charge in [0.05, 0.1) is 0 Å². The minimum Gasteiger partial charge on any atom is -0.354 e. The van der Waals surface area contributed by atoms with Crippen molar-refractivity contribution in [2.45, 2.75) is 71.3 Å². The van der Waals surface area contributed by atoms with Gasteiger partial charge in [-0.25, -0.2) is 0 Å². The molecule has 0 aliphatic rings. The van der Waals surface area contributed by atoms with Gasteiger partial charge in [-0.1, -0.05) is 46.0 Å². The average molecular weight is 212 g/mol. The van der Waals surface area contributed by atoms with Crippen LogP contribution in [0.15, 0.2) is 0 Å². The highest BCUT2D eigenvalue weighted by atomic mass is 16.1. The second-order valence-electron chi connectivity index (χ2n) is 4.25. The molecule has 15 heavy (non-hydrogen) atoms. The van der Waals surface area contributed by atoms with Crippen molar-refractivity contribution in [3.63, 3.8) is 0 Å². The molecule has 0 rings (SSSR count). The second-order valence-corrected chi connectivity index (χ2v) is 4.25. The largest absolute Gasteiger partial charge is 0.354 e. The third-order valence-electron chi connectivity index (χ3n) is 2.67. The summed E-state index contributed by atoms with van der Waals surface area (Å²) in [7, 11) is 0. The van der Waals surface area contributed by atoms with Crippen LogP contribution >= 0.6 is 0 Å². The Labute approximate surface area is 94.8 Å². The van der Waals surface area contributed by atoms with E-state index in [9.17, 15) is 4.79 Å². The lowest BCUT2D eigenvalue weighted by molar-refractivity contribution is -0.121. The average Bonchev–Trinajstić information content (AvgIpc) is 2.23. The topological polar surface area (TPSA) is 29.1 Å². The normalized spacial score (nSPS) is 12.5. The van der Waals surface area contributed by atoms with E-state index in [4.69, 9.17) is 0 Å². The third kappa shape index (κ3) is 9.77. The molecule has 0 bridgehead atoms. The predicted molar refractivity (Wildman–Crippen MR) is 65.6 cm³/mol. The predicted octanol–water partition coefficient (Wildman–Crippen LogP) is 3.47. The minimum atomic E-state index is 0.210. The fourth-order valence-electron chi connectivity index (χ4n) is 1.44. The van der Waals surface area contributed by atoms with Crippen molar-refractivity contribution in [1.29, 1.82) is 0 Å². The number of carbonyl (C=O) groups is 1. The minimum absolute atomic E-state index is 0.210. The van der Waals surface area contributed by atoms with Crippen molar-refractivity contribution < 1.29 is 4.79 Å². The molecule has 89 valence electrons. The molecule has 0 fully saturated rings. The van der Waals surface area contributed by atoms with Gasteiger partial charge in [-0.05, 0) is 19.8 Å². The molecular formula is C13H26NO. The Hall–Kier alpha value is -0.530. The van der Waals surface area contributed by atoms with Gasteiger partial charge in [-0.2, -0.15) is 0 Å². The number of carbonyl (C=O) groups excluding carboxylic acids is 1. The van der Waals surface area contributed by atoms with Crippen LogP contribution < -0.4 is 5.32 Å². The Kier molecular flexibility index (Phi) is 9.65. The zero-order valence-corrected chi connectivity index (χ0v) is 10.3. The van der Waals surface area contributed by atoms with Gasteiger partial charge in [-0.3, -0.25) is 4.79 Å². The van der Waals surface area contributed by atoms with Gasteiger partial charge in [0.15, 0.2) is 0 Å². The van der Waals surface area contributed by atoms with Crippen LogP contribution in [0.1, 0.15) is 65.2 Å². The molecule has 0 saturated heterocycles.